The van der Waals surface area contributed by atoms with Gasteiger partial charge in [-0.05, 0) is 60.6 Å². The molecule has 2 aromatic rings. The molecule has 0 aliphatic rings. The van der Waals surface area contributed by atoms with Gasteiger partial charge in [0.1, 0.15) is 5.82 Å². The zero-order valence-electron chi connectivity index (χ0n) is 11.9. The van der Waals surface area contributed by atoms with Crippen LogP contribution < -0.4 is 5.32 Å². The summed E-state index contributed by atoms with van der Waals surface area (Å²) in [4.78, 5) is 0. The molecule has 1 atom stereocenters. The van der Waals surface area contributed by atoms with E-state index in [9.17, 15) is 4.39 Å². The molecule has 0 amide bonds. The molecule has 1 aromatic carbocycles. The molecule has 0 saturated carbocycles. The van der Waals surface area contributed by atoms with Crippen molar-refractivity contribution in [3.63, 3.8) is 0 Å². The molecule has 1 unspecified atom stereocenters. The van der Waals surface area contributed by atoms with Crippen LogP contribution in [0, 0.1) is 5.82 Å². The summed E-state index contributed by atoms with van der Waals surface area (Å²) in [6, 6.07) is 7.63. The first kappa shape index (κ1) is 15.2. The van der Waals surface area contributed by atoms with Crippen molar-refractivity contribution in [2.24, 2.45) is 0 Å². The minimum absolute atomic E-state index is 0.0492. The average Bonchev–Trinajstić information content (AvgIpc) is 2.88. The van der Waals surface area contributed by atoms with Crippen LogP contribution in [0.4, 0.5) is 4.39 Å². The molecule has 0 aliphatic carbocycles. The number of nitrogens with zero attached hydrogens (tertiary/aromatic N) is 2. The summed E-state index contributed by atoms with van der Waals surface area (Å²) in [7, 11) is 1.88. The van der Waals surface area contributed by atoms with Crippen LogP contribution in [0.15, 0.2) is 34.9 Å². The van der Waals surface area contributed by atoms with Crippen molar-refractivity contribution in [1.29, 1.82) is 0 Å². The standard InChI is InChI=1S/C15H19BrFN3/c1-10(2)20-7-6-12(19-20)9-15(18-3)11-4-5-13(16)14(17)8-11/h4-8,10,15,18H,9H2,1-3H3. The quantitative estimate of drug-likeness (QED) is 0.896. The molecule has 3 nitrogen and oxygen atoms in total. The highest BCUT2D eigenvalue weighted by Crippen LogP contribution is 2.23. The maximum Gasteiger partial charge on any atom is 0.137 e. The molecule has 0 radical (unpaired) electrons. The van der Waals surface area contributed by atoms with Crippen LogP contribution >= 0.6 is 15.9 Å². The summed E-state index contributed by atoms with van der Waals surface area (Å²) in [6.07, 6.45) is 2.71. The molecule has 5 heteroatoms. The van der Waals surface area contributed by atoms with Gasteiger partial charge in [0, 0.05) is 24.7 Å². The summed E-state index contributed by atoms with van der Waals surface area (Å²) >= 11 is 3.18. The second-order valence-electron chi connectivity index (χ2n) is 5.10. The van der Waals surface area contributed by atoms with Gasteiger partial charge in [-0.2, -0.15) is 5.10 Å². The number of benzene rings is 1. The number of hydrogen-bond acceptors (Lipinski definition) is 2. The van der Waals surface area contributed by atoms with Gasteiger partial charge in [-0.3, -0.25) is 4.68 Å². The van der Waals surface area contributed by atoms with E-state index in [0.29, 0.717) is 10.5 Å². The fraction of sp³-hybridized carbons (Fsp3) is 0.400. The van der Waals surface area contributed by atoms with Gasteiger partial charge in [0.15, 0.2) is 0 Å². The highest BCUT2D eigenvalue weighted by molar-refractivity contribution is 9.10. The van der Waals surface area contributed by atoms with Gasteiger partial charge in [0.2, 0.25) is 0 Å². The summed E-state index contributed by atoms with van der Waals surface area (Å²) in [5, 5.41) is 7.76. The summed E-state index contributed by atoms with van der Waals surface area (Å²) in [5.41, 5.74) is 1.92. The lowest BCUT2D eigenvalue weighted by molar-refractivity contribution is 0.514. The van der Waals surface area contributed by atoms with E-state index < -0.39 is 0 Å². The largest absolute Gasteiger partial charge is 0.313 e. The van der Waals surface area contributed by atoms with Crippen LogP contribution in [0.25, 0.3) is 0 Å². The van der Waals surface area contributed by atoms with E-state index in [4.69, 9.17) is 0 Å². The van der Waals surface area contributed by atoms with Crippen molar-refractivity contribution < 1.29 is 4.39 Å². The topological polar surface area (TPSA) is 29.9 Å². The third-order valence-corrected chi connectivity index (χ3v) is 3.94. The highest BCUT2D eigenvalue weighted by atomic mass is 79.9. The number of hydrogen-bond donors (Lipinski definition) is 1. The second-order valence-corrected chi connectivity index (χ2v) is 5.95. The predicted octanol–water partition coefficient (Wildman–Crippen LogP) is 3.87. The van der Waals surface area contributed by atoms with Gasteiger partial charge in [0.25, 0.3) is 0 Å². The van der Waals surface area contributed by atoms with Gasteiger partial charge >= 0.3 is 0 Å². The van der Waals surface area contributed by atoms with Crippen molar-refractivity contribution in [3.8, 4) is 0 Å². The monoisotopic (exact) mass is 339 g/mol. The predicted molar refractivity (Wildman–Crippen MR) is 82.2 cm³/mol. The normalized spacial score (nSPS) is 12.9. The highest BCUT2D eigenvalue weighted by Gasteiger charge is 2.14. The molecule has 0 fully saturated rings. The number of rotatable bonds is 5. The fourth-order valence-electron chi connectivity index (χ4n) is 2.10. The Bertz CT molecular complexity index is 580. The number of halogens is 2. The molecule has 1 heterocycles. The van der Waals surface area contributed by atoms with Gasteiger partial charge in [-0.25, -0.2) is 4.39 Å². The molecule has 0 saturated heterocycles. The lowest BCUT2D eigenvalue weighted by atomic mass is 10.0. The van der Waals surface area contributed by atoms with Crippen LogP contribution in [0.2, 0.25) is 0 Å². The van der Waals surface area contributed by atoms with E-state index in [2.05, 4.69) is 40.2 Å². The maximum absolute atomic E-state index is 13.6. The van der Waals surface area contributed by atoms with Crippen molar-refractivity contribution >= 4 is 15.9 Å². The Morgan fingerprint density at radius 2 is 2.10 bits per heavy atom. The first-order valence-electron chi connectivity index (χ1n) is 6.67. The molecule has 0 spiro atoms. The summed E-state index contributed by atoms with van der Waals surface area (Å²) in [6.45, 7) is 4.19. The molecule has 20 heavy (non-hydrogen) atoms. The van der Waals surface area contributed by atoms with Gasteiger partial charge in [-0.15, -0.1) is 0 Å². The Kier molecular flexibility index (Phi) is 4.94. The van der Waals surface area contributed by atoms with Gasteiger partial charge in [-0.1, -0.05) is 6.07 Å². The summed E-state index contributed by atoms with van der Waals surface area (Å²) in [5.74, 6) is -0.240. The molecular formula is C15H19BrFN3. The zero-order valence-corrected chi connectivity index (χ0v) is 13.5. The average molecular weight is 340 g/mol. The van der Waals surface area contributed by atoms with Crippen molar-refractivity contribution in [3.05, 3.63) is 52.0 Å². The molecular weight excluding hydrogens is 321 g/mol. The van der Waals surface area contributed by atoms with Crippen molar-refractivity contribution in [2.45, 2.75) is 32.4 Å². The van der Waals surface area contributed by atoms with E-state index in [1.807, 2.05) is 30.1 Å². The van der Waals surface area contributed by atoms with E-state index in [-0.39, 0.29) is 11.9 Å². The van der Waals surface area contributed by atoms with Crippen LogP contribution in [-0.4, -0.2) is 16.8 Å². The Morgan fingerprint density at radius 3 is 2.65 bits per heavy atom. The van der Waals surface area contributed by atoms with Crippen LogP contribution in [0.1, 0.15) is 37.2 Å². The van der Waals surface area contributed by atoms with Crippen molar-refractivity contribution in [1.82, 2.24) is 15.1 Å². The molecule has 0 bridgehead atoms. The van der Waals surface area contributed by atoms with Gasteiger partial charge < -0.3 is 5.32 Å². The van der Waals surface area contributed by atoms with Gasteiger partial charge in [0.05, 0.1) is 10.2 Å². The molecule has 1 aromatic heterocycles. The zero-order chi connectivity index (χ0) is 14.7. The molecule has 2 rings (SSSR count). The smallest absolute Gasteiger partial charge is 0.137 e. The Morgan fingerprint density at radius 1 is 1.35 bits per heavy atom. The summed E-state index contributed by atoms with van der Waals surface area (Å²) < 4.78 is 16.1. The lowest BCUT2D eigenvalue weighted by Crippen LogP contribution is -2.19. The molecule has 108 valence electrons. The fourth-order valence-corrected chi connectivity index (χ4v) is 2.35. The van der Waals surface area contributed by atoms with E-state index in [1.165, 1.54) is 0 Å². The Labute approximate surface area is 127 Å². The first-order chi connectivity index (χ1) is 9.51. The van der Waals surface area contributed by atoms with Crippen LogP contribution in [0.3, 0.4) is 0 Å². The van der Waals surface area contributed by atoms with E-state index >= 15 is 0 Å². The SMILES string of the molecule is CNC(Cc1ccn(C(C)C)n1)c1ccc(Br)c(F)c1. The Hall–Kier alpha value is -1.20. The lowest BCUT2D eigenvalue weighted by Gasteiger charge is -2.16. The van der Waals surface area contributed by atoms with Crippen LogP contribution in [-0.2, 0) is 6.42 Å². The third-order valence-electron chi connectivity index (χ3n) is 3.30. The van der Waals surface area contributed by atoms with E-state index in [1.54, 1.807) is 12.1 Å². The minimum atomic E-state index is -0.240. The first-order valence-corrected chi connectivity index (χ1v) is 7.46. The van der Waals surface area contributed by atoms with Crippen LogP contribution in [0.5, 0.6) is 0 Å². The third kappa shape index (κ3) is 3.46. The number of aromatic nitrogens is 2. The number of likely N-dealkylation sites (N-methyl/N-ethyl adjacent to an activating group) is 1. The second kappa shape index (κ2) is 6.50. The number of nitrogens with one attached hydrogen (secondary N) is 1. The molecule has 0 aliphatic heterocycles. The maximum atomic E-state index is 13.6. The Balaban J connectivity index is 2.17. The minimum Gasteiger partial charge on any atom is -0.313 e. The molecule has 1 N–H and O–H groups in total. The van der Waals surface area contributed by atoms with Crippen molar-refractivity contribution in [2.75, 3.05) is 7.05 Å². The van der Waals surface area contributed by atoms with E-state index in [0.717, 1.165) is 17.7 Å².